The van der Waals surface area contributed by atoms with E-state index < -0.39 is 0 Å². The number of amides is 1. The summed E-state index contributed by atoms with van der Waals surface area (Å²) in [5.41, 5.74) is 4.34. The highest BCUT2D eigenvalue weighted by Crippen LogP contribution is 2.25. The maximum Gasteiger partial charge on any atom is 0.250 e. The van der Waals surface area contributed by atoms with Crippen LogP contribution in [-0.4, -0.2) is 30.1 Å². The second-order valence-electron chi connectivity index (χ2n) is 4.81. The van der Waals surface area contributed by atoms with Crippen molar-refractivity contribution in [1.82, 2.24) is 5.43 Å². The Kier molecular flexibility index (Phi) is 7.14. The Morgan fingerprint density at radius 3 is 2.92 bits per heavy atom. The molecule has 0 aliphatic carbocycles. The van der Waals surface area contributed by atoms with Crippen LogP contribution in [0.5, 0.6) is 11.5 Å². The van der Waals surface area contributed by atoms with Gasteiger partial charge in [0, 0.05) is 10.2 Å². The van der Waals surface area contributed by atoms with E-state index in [1.165, 1.54) is 31.2 Å². The van der Waals surface area contributed by atoms with Crippen LogP contribution in [0.1, 0.15) is 11.1 Å². The van der Waals surface area contributed by atoms with Gasteiger partial charge in [0.25, 0.3) is 0 Å². The number of thioether (sulfide) groups is 1. The van der Waals surface area contributed by atoms with Crippen molar-refractivity contribution in [2.24, 2.45) is 5.10 Å². The van der Waals surface area contributed by atoms with Crippen molar-refractivity contribution in [3.63, 3.8) is 0 Å². The maximum atomic E-state index is 11.8. The molecule has 7 heteroatoms. The Balaban J connectivity index is 1.77. The van der Waals surface area contributed by atoms with Crippen LogP contribution < -0.4 is 10.2 Å². The van der Waals surface area contributed by atoms with Crippen LogP contribution in [0.4, 0.5) is 0 Å². The zero-order valence-corrected chi connectivity index (χ0v) is 15.4. The van der Waals surface area contributed by atoms with Crippen LogP contribution in [0, 0.1) is 0 Å². The number of carbonyl (C=O) groups excluding carboxylic acids is 1. The summed E-state index contributed by atoms with van der Waals surface area (Å²) < 4.78 is 6.05. The minimum Gasteiger partial charge on any atom is -0.504 e. The van der Waals surface area contributed by atoms with Crippen molar-refractivity contribution in [3.8, 4) is 11.5 Å². The van der Waals surface area contributed by atoms with Gasteiger partial charge in [-0.05, 0) is 35.4 Å². The number of nitrogens with one attached hydrogen (secondary N) is 1. The Bertz CT molecular complexity index is 738. The van der Waals surface area contributed by atoms with Crippen molar-refractivity contribution in [2.75, 3.05) is 12.9 Å². The number of hydrazone groups is 1. The van der Waals surface area contributed by atoms with Crippen molar-refractivity contribution in [3.05, 3.63) is 58.1 Å². The monoisotopic (exact) mass is 408 g/mol. The van der Waals surface area contributed by atoms with Gasteiger partial charge in [0.05, 0.1) is 19.1 Å². The standard InChI is InChI=1S/C17H17BrN2O3S/c1-23-16-8-12(6-7-15(16)21)9-19-20-17(22)11-24-10-13-4-2-3-5-14(13)18/h2-9,21H,10-11H2,1H3,(H,20,22). The molecule has 0 fully saturated rings. The minimum absolute atomic E-state index is 0.0576. The number of phenolic OH excluding ortho intramolecular Hbond substituents is 1. The smallest absolute Gasteiger partial charge is 0.250 e. The minimum atomic E-state index is -0.172. The quantitative estimate of drug-likeness (QED) is 0.542. The predicted octanol–water partition coefficient (Wildman–Crippen LogP) is 3.55. The summed E-state index contributed by atoms with van der Waals surface area (Å²) in [5.74, 6) is 1.30. The summed E-state index contributed by atoms with van der Waals surface area (Å²) in [6.45, 7) is 0. The SMILES string of the molecule is COc1cc(C=NNC(=O)CSCc2ccccc2Br)ccc1O. The van der Waals surface area contributed by atoms with Crippen LogP contribution in [0.25, 0.3) is 0 Å². The molecule has 0 radical (unpaired) electrons. The van der Waals surface area contributed by atoms with Gasteiger partial charge in [-0.2, -0.15) is 5.10 Å². The lowest BCUT2D eigenvalue weighted by molar-refractivity contribution is -0.118. The average molecular weight is 409 g/mol. The number of rotatable bonds is 7. The zero-order valence-electron chi connectivity index (χ0n) is 13.0. The number of benzene rings is 2. The van der Waals surface area contributed by atoms with Crippen LogP contribution in [-0.2, 0) is 10.5 Å². The van der Waals surface area contributed by atoms with Crippen LogP contribution in [0.2, 0.25) is 0 Å². The van der Waals surface area contributed by atoms with Crippen molar-refractivity contribution < 1.29 is 14.6 Å². The average Bonchev–Trinajstić information content (AvgIpc) is 2.58. The molecule has 126 valence electrons. The Morgan fingerprint density at radius 2 is 2.17 bits per heavy atom. The lowest BCUT2D eigenvalue weighted by atomic mass is 10.2. The largest absolute Gasteiger partial charge is 0.504 e. The molecule has 0 spiro atoms. The maximum absolute atomic E-state index is 11.8. The molecular formula is C17H17BrN2O3S. The molecule has 0 atom stereocenters. The fourth-order valence-corrected chi connectivity index (χ4v) is 3.29. The number of methoxy groups -OCH3 is 1. The fourth-order valence-electron chi connectivity index (χ4n) is 1.85. The molecule has 2 rings (SSSR count). The number of ether oxygens (including phenoxy) is 1. The summed E-state index contributed by atoms with van der Waals surface area (Å²) in [4.78, 5) is 11.8. The first kappa shape index (κ1) is 18.4. The summed E-state index contributed by atoms with van der Waals surface area (Å²) >= 11 is 5.00. The van der Waals surface area contributed by atoms with Gasteiger partial charge in [0.2, 0.25) is 5.91 Å². The van der Waals surface area contributed by atoms with Gasteiger partial charge in [-0.3, -0.25) is 4.79 Å². The molecule has 0 saturated heterocycles. The first-order chi connectivity index (χ1) is 11.6. The highest BCUT2D eigenvalue weighted by Gasteiger charge is 2.04. The number of phenols is 1. The van der Waals surface area contributed by atoms with Gasteiger partial charge >= 0.3 is 0 Å². The lowest BCUT2D eigenvalue weighted by Gasteiger charge is -2.04. The predicted molar refractivity (Wildman–Crippen MR) is 101 cm³/mol. The highest BCUT2D eigenvalue weighted by molar-refractivity contribution is 9.10. The third-order valence-electron chi connectivity index (χ3n) is 3.06. The molecule has 0 aromatic heterocycles. The summed E-state index contributed by atoms with van der Waals surface area (Å²) in [7, 11) is 1.47. The highest BCUT2D eigenvalue weighted by atomic mass is 79.9. The molecule has 0 bridgehead atoms. The number of halogens is 1. The van der Waals surface area contributed by atoms with Gasteiger partial charge in [0.1, 0.15) is 0 Å². The first-order valence-electron chi connectivity index (χ1n) is 7.10. The van der Waals surface area contributed by atoms with E-state index in [9.17, 15) is 9.90 Å². The molecular weight excluding hydrogens is 392 g/mol. The normalized spacial score (nSPS) is 10.8. The second-order valence-corrected chi connectivity index (χ2v) is 6.65. The number of hydrogen-bond donors (Lipinski definition) is 2. The van der Waals surface area contributed by atoms with E-state index in [2.05, 4.69) is 26.5 Å². The zero-order chi connectivity index (χ0) is 17.4. The molecule has 2 aromatic carbocycles. The van der Waals surface area contributed by atoms with Gasteiger partial charge in [-0.25, -0.2) is 5.43 Å². The van der Waals surface area contributed by atoms with E-state index in [0.717, 1.165) is 15.8 Å². The molecule has 0 aliphatic rings. The molecule has 24 heavy (non-hydrogen) atoms. The van der Waals surface area contributed by atoms with Gasteiger partial charge in [0.15, 0.2) is 11.5 Å². The van der Waals surface area contributed by atoms with Crippen LogP contribution >= 0.6 is 27.7 Å². The van der Waals surface area contributed by atoms with Crippen molar-refractivity contribution in [1.29, 1.82) is 0 Å². The van der Waals surface area contributed by atoms with E-state index in [-0.39, 0.29) is 11.7 Å². The molecule has 0 heterocycles. The fraction of sp³-hybridized carbons (Fsp3) is 0.176. The first-order valence-corrected chi connectivity index (χ1v) is 9.05. The Labute approximate surface area is 153 Å². The molecule has 1 amide bonds. The van der Waals surface area contributed by atoms with Crippen molar-refractivity contribution in [2.45, 2.75) is 5.75 Å². The number of nitrogens with zero attached hydrogens (tertiary/aromatic N) is 1. The summed E-state index contributed by atoms with van der Waals surface area (Å²) in [5, 5.41) is 13.4. The second kappa shape index (κ2) is 9.34. The lowest BCUT2D eigenvalue weighted by Crippen LogP contribution is -2.19. The topological polar surface area (TPSA) is 70.9 Å². The van der Waals surface area contributed by atoms with E-state index in [0.29, 0.717) is 17.1 Å². The number of aromatic hydroxyl groups is 1. The number of hydrogen-bond acceptors (Lipinski definition) is 5. The number of carbonyl (C=O) groups is 1. The molecule has 0 aliphatic heterocycles. The van der Waals surface area contributed by atoms with E-state index in [1.54, 1.807) is 12.1 Å². The third-order valence-corrected chi connectivity index (χ3v) is 4.81. The Morgan fingerprint density at radius 1 is 1.38 bits per heavy atom. The van der Waals surface area contributed by atoms with E-state index in [4.69, 9.17) is 4.74 Å². The van der Waals surface area contributed by atoms with Gasteiger partial charge in [-0.1, -0.05) is 34.1 Å². The summed E-state index contributed by atoms with van der Waals surface area (Å²) in [6, 6.07) is 12.7. The molecule has 5 nitrogen and oxygen atoms in total. The molecule has 0 saturated carbocycles. The van der Waals surface area contributed by atoms with Gasteiger partial charge < -0.3 is 9.84 Å². The molecule has 0 unspecified atom stereocenters. The van der Waals surface area contributed by atoms with Crippen LogP contribution in [0.3, 0.4) is 0 Å². The van der Waals surface area contributed by atoms with Crippen molar-refractivity contribution >= 4 is 39.8 Å². The molecule has 2 N–H and O–H groups in total. The van der Waals surface area contributed by atoms with Crippen LogP contribution in [0.15, 0.2) is 52.0 Å². The van der Waals surface area contributed by atoms with Gasteiger partial charge in [-0.15, -0.1) is 11.8 Å². The third kappa shape index (κ3) is 5.58. The van der Waals surface area contributed by atoms with E-state index >= 15 is 0 Å². The summed E-state index contributed by atoms with van der Waals surface area (Å²) in [6.07, 6.45) is 1.50. The molecule has 2 aromatic rings. The Hall–Kier alpha value is -1.99. The van der Waals surface area contributed by atoms with E-state index in [1.807, 2.05) is 24.3 Å².